The van der Waals surface area contributed by atoms with Gasteiger partial charge in [-0.3, -0.25) is 9.59 Å². The zero-order chi connectivity index (χ0) is 21.4. The van der Waals surface area contributed by atoms with Gasteiger partial charge in [0.1, 0.15) is 0 Å². The average molecular weight is 416 g/mol. The molecule has 31 heavy (non-hydrogen) atoms. The fourth-order valence-corrected chi connectivity index (χ4v) is 4.53. The van der Waals surface area contributed by atoms with Crippen molar-refractivity contribution < 1.29 is 14.0 Å². The van der Waals surface area contributed by atoms with E-state index in [0.717, 1.165) is 17.8 Å². The van der Waals surface area contributed by atoms with Gasteiger partial charge in [-0.2, -0.15) is 0 Å². The highest BCUT2D eigenvalue weighted by Crippen LogP contribution is 2.33. The van der Waals surface area contributed by atoms with Crippen LogP contribution in [0.4, 0.5) is 5.95 Å². The van der Waals surface area contributed by atoms with Crippen molar-refractivity contribution in [3.8, 4) is 0 Å². The minimum Gasteiger partial charge on any atom is -0.459 e. The van der Waals surface area contributed by atoms with Gasteiger partial charge in [-0.1, -0.05) is 30.3 Å². The van der Waals surface area contributed by atoms with Gasteiger partial charge in [0.15, 0.2) is 11.5 Å². The third-order valence-corrected chi connectivity index (χ3v) is 6.16. The van der Waals surface area contributed by atoms with Gasteiger partial charge >= 0.3 is 0 Å². The van der Waals surface area contributed by atoms with Gasteiger partial charge in [-0.15, -0.1) is 0 Å². The second-order valence-corrected chi connectivity index (χ2v) is 8.13. The highest BCUT2D eigenvalue weighted by Gasteiger charge is 2.31. The summed E-state index contributed by atoms with van der Waals surface area (Å²) in [7, 11) is 0. The predicted octanol–water partition coefficient (Wildman–Crippen LogP) is 3.25. The first-order valence-electron chi connectivity index (χ1n) is 10.6. The molecule has 0 saturated carbocycles. The van der Waals surface area contributed by atoms with E-state index in [9.17, 15) is 9.59 Å². The molecule has 1 atom stereocenters. The van der Waals surface area contributed by atoms with Gasteiger partial charge in [0, 0.05) is 32.6 Å². The van der Waals surface area contributed by atoms with Gasteiger partial charge in [-0.25, -0.2) is 9.97 Å². The maximum atomic E-state index is 12.9. The molecule has 3 aromatic rings. The summed E-state index contributed by atoms with van der Waals surface area (Å²) < 4.78 is 5.23. The monoisotopic (exact) mass is 416 g/mol. The molecule has 0 spiro atoms. The number of Topliss-reactive ketones (excluding diaryl/α,β-unsaturated/α-hetero) is 1. The van der Waals surface area contributed by atoms with Crippen molar-refractivity contribution in [3.05, 3.63) is 77.0 Å². The van der Waals surface area contributed by atoms with Gasteiger partial charge < -0.3 is 14.2 Å². The number of piperazine rings is 1. The summed E-state index contributed by atoms with van der Waals surface area (Å²) in [5.74, 6) is 1.17. The van der Waals surface area contributed by atoms with E-state index in [2.05, 4.69) is 22.0 Å². The number of fused-ring (bicyclic) bond motifs is 1. The smallest absolute Gasteiger partial charge is 0.289 e. The quantitative estimate of drug-likeness (QED) is 0.652. The number of ketones is 1. The number of carbonyl (C=O) groups excluding carboxylic acids is 2. The number of aryl methyl sites for hydroxylation is 1. The summed E-state index contributed by atoms with van der Waals surface area (Å²) >= 11 is 0. The SMILES string of the molecule is Cc1nc(N2CCN(C(=O)c3ccco3)CC2)nc2c1C(=O)C[C@H](c1ccccc1)C2. The second-order valence-electron chi connectivity index (χ2n) is 8.13. The molecular formula is C24H24N4O3. The maximum absolute atomic E-state index is 12.9. The summed E-state index contributed by atoms with van der Waals surface area (Å²) in [5, 5.41) is 0. The standard InChI is InChI=1S/C24H24N4O3/c1-16-22-19(14-18(15-20(22)29)17-6-3-2-4-7-17)26-24(25-16)28-11-9-27(10-12-28)23(30)21-8-5-13-31-21/h2-8,13,18H,9-12,14-15H2,1H3/t18-/m1/s1. The number of anilines is 1. The van der Waals surface area contributed by atoms with E-state index < -0.39 is 0 Å². The van der Waals surface area contributed by atoms with E-state index in [1.54, 1.807) is 17.0 Å². The van der Waals surface area contributed by atoms with Crippen LogP contribution in [-0.2, 0) is 6.42 Å². The molecule has 1 saturated heterocycles. The van der Waals surface area contributed by atoms with E-state index in [-0.39, 0.29) is 17.6 Å². The third-order valence-electron chi connectivity index (χ3n) is 6.16. The molecule has 1 fully saturated rings. The van der Waals surface area contributed by atoms with E-state index in [4.69, 9.17) is 9.40 Å². The van der Waals surface area contributed by atoms with Crippen molar-refractivity contribution in [1.29, 1.82) is 0 Å². The van der Waals surface area contributed by atoms with Gasteiger partial charge in [0.25, 0.3) is 5.91 Å². The Labute approximate surface area is 180 Å². The van der Waals surface area contributed by atoms with Crippen molar-refractivity contribution in [2.75, 3.05) is 31.1 Å². The Hall–Kier alpha value is -3.48. The molecule has 7 nitrogen and oxygen atoms in total. The van der Waals surface area contributed by atoms with E-state index >= 15 is 0 Å². The first-order valence-corrected chi connectivity index (χ1v) is 10.6. The van der Waals surface area contributed by atoms with Crippen LogP contribution in [0.15, 0.2) is 53.1 Å². The summed E-state index contributed by atoms with van der Waals surface area (Å²) in [4.78, 5) is 38.7. The highest BCUT2D eigenvalue weighted by molar-refractivity contribution is 5.99. The molecule has 0 bridgehead atoms. The lowest BCUT2D eigenvalue weighted by Crippen LogP contribution is -2.49. The molecule has 158 valence electrons. The largest absolute Gasteiger partial charge is 0.459 e. The van der Waals surface area contributed by atoms with Gasteiger partial charge in [-0.05, 0) is 37.0 Å². The van der Waals surface area contributed by atoms with Crippen LogP contribution in [0.2, 0.25) is 0 Å². The minimum atomic E-state index is -0.0940. The van der Waals surface area contributed by atoms with Crippen molar-refractivity contribution in [2.24, 2.45) is 0 Å². The first-order chi connectivity index (χ1) is 15.1. The number of nitrogens with zero attached hydrogens (tertiary/aromatic N) is 4. The number of carbonyl (C=O) groups is 2. The molecule has 1 amide bonds. The van der Waals surface area contributed by atoms with E-state index in [1.807, 2.05) is 25.1 Å². The summed E-state index contributed by atoms with van der Waals surface area (Å²) in [6.45, 7) is 4.32. The van der Waals surface area contributed by atoms with Crippen LogP contribution < -0.4 is 4.90 Å². The first kappa shape index (κ1) is 19.5. The molecule has 5 rings (SSSR count). The lowest BCUT2D eigenvalue weighted by Gasteiger charge is -2.35. The van der Waals surface area contributed by atoms with Crippen LogP contribution in [0.3, 0.4) is 0 Å². The fraction of sp³-hybridized carbons (Fsp3) is 0.333. The maximum Gasteiger partial charge on any atom is 0.289 e. The molecule has 2 aromatic heterocycles. The Morgan fingerprint density at radius 3 is 2.48 bits per heavy atom. The molecule has 1 aliphatic heterocycles. The number of rotatable bonds is 3. The molecule has 0 radical (unpaired) electrons. The van der Waals surface area contributed by atoms with Crippen LogP contribution in [0.5, 0.6) is 0 Å². The number of aromatic nitrogens is 2. The van der Waals surface area contributed by atoms with Crippen molar-refractivity contribution in [2.45, 2.75) is 25.7 Å². The van der Waals surface area contributed by atoms with Crippen LogP contribution in [0, 0.1) is 6.92 Å². The zero-order valence-corrected chi connectivity index (χ0v) is 17.5. The summed E-state index contributed by atoms with van der Waals surface area (Å²) in [5.41, 5.74) is 3.43. The Bertz CT molecular complexity index is 1100. The average Bonchev–Trinajstić information content (AvgIpc) is 3.34. The fourth-order valence-electron chi connectivity index (χ4n) is 4.53. The molecular weight excluding hydrogens is 392 g/mol. The number of furan rings is 1. The topological polar surface area (TPSA) is 79.5 Å². The third kappa shape index (κ3) is 3.71. The van der Waals surface area contributed by atoms with Crippen molar-refractivity contribution >= 4 is 17.6 Å². The van der Waals surface area contributed by atoms with E-state index in [1.165, 1.54) is 11.8 Å². The lowest BCUT2D eigenvalue weighted by atomic mass is 9.81. The van der Waals surface area contributed by atoms with E-state index in [0.29, 0.717) is 49.9 Å². The van der Waals surface area contributed by atoms with Crippen molar-refractivity contribution in [3.63, 3.8) is 0 Å². The minimum absolute atomic E-state index is 0.0940. The molecule has 7 heteroatoms. The Morgan fingerprint density at radius 1 is 1.00 bits per heavy atom. The second kappa shape index (κ2) is 7.98. The van der Waals surface area contributed by atoms with Crippen LogP contribution in [0.25, 0.3) is 0 Å². The Balaban J connectivity index is 1.34. The molecule has 1 aliphatic carbocycles. The lowest BCUT2D eigenvalue weighted by molar-refractivity contribution is 0.0713. The highest BCUT2D eigenvalue weighted by atomic mass is 16.3. The van der Waals surface area contributed by atoms with Gasteiger partial charge in [0.05, 0.1) is 23.2 Å². The number of hydrogen-bond acceptors (Lipinski definition) is 6. The van der Waals surface area contributed by atoms with Crippen LogP contribution in [-0.4, -0.2) is 52.7 Å². The Morgan fingerprint density at radius 2 is 1.77 bits per heavy atom. The molecule has 1 aromatic carbocycles. The zero-order valence-electron chi connectivity index (χ0n) is 17.5. The summed E-state index contributed by atoms with van der Waals surface area (Å²) in [6, 6.07) is 13.6. The number of amides is 1. The van der Waals surface area contributed by atoms with Crippen LogP contribution >= 0.6 is 0 Å². The van der Waals surface area contributed by atoms with Gasteiger partial charge in [0.2, 0.25) is 5.95 Å². The Kier molecular flexibility index (Phi) is 5.02. The van der Waals surface area contributed by atoms with Crippen LogP contribution in [0.1, 0.15) is 50.2 Å². The normalized spacial score (nSPS) is 18.7. The molecule has 0 N–H and O–H groups in total. The van der Waals surface area contributed by atoms with Crippen molar-refractivity contribution in [1.82, 2.24) is 14.9 Å². The number of hydrogen-bond donors (Lipinski definition) is 0. The number of benzene rings is 1. The summed E-state index contributed by atoms with van der Waals surface area (Å²) in [6.07, 6.45) is 2.74. The molecule has 3 heterocycles. The molecule has 0 unspecified atom stereocenters. The molecule has 2 aliphatic rings. The predicted molar refractivity (Wildman–Crippen MR) is 115 cm³/mol.